The molecule has 27 heavy (non-hydrogen) atoms. The van der Waals surface area contributed by atoms with Crippen LogP contribution in [0.3, 0.4) is 0 Å². The van der Waals surface area contributed by atoms with Gasteiger partial charge in [0.25, 0.3) is 5.91 Å². The lowest BCUT2D eigenvalue weighted by molar-refractivity contribution is -0.130. The summed E-state index contributed by atoms with van der Waals surface area (Å²) in [7, 11) is 1.56. The van der Waals surface area contributed by atoms with Gasteiger partial charge in [0, 0.05) is 19.1 Å². The van der Waals surface area contributed by atoms with Gasteiger partial charge < -0.3 is 14.7 Å². The molecule has 0 aromatic heterocycles. The summed E-state index contributed by atoms with van der Waals surface area (Å²) in [5.74, 6) is -1.20. The van der Waals surface area contributed by atoms with E-state index in [2.05, 4.69) is 20.8 Å². The van der Waals surface area contributed by atoms with Crippen molar-refractivity contribution in [3.63, 3.8) is 0 Å². The van der Waals surface area contributed by atoms with Gasteiger partial charge >= 0.3 is 0 Å². The Kier molecular flexibility index (Phi) is 5.85. The number of nitrogens with zero attached hydrogens (tertiary/aromatic N) is 1. The van der Waals surface area contributed by atoms with Gasteiger partial charge in [-0.15, -0.1) is 0 Å². The highest BCUT2D eigenvalue weighted by Crippen LogP contribution is 2.41. The Bertz CT molecular complexity index is 748. The van der Waals surface area contributed by atoms with Gasteiger partial charge in [-0.2, -0.15) is 0 Å². The highest BCUT2D eigenvalue weighted by atomic mass is 16.5. The molecule has 0 spiro atoms. The van der Waals surface area contributed by atoms with Crippen LogP contribution in [0.15, 0.2) is 35.6 Å². The van der Waals surface area contributed by atoms with E-state index < -0.39 is 23.1 Å². The second kappa shape index (κ2) is 7.47. The highest BCUT2D eigenvalue weighted by molar-refractivity contribution is 6.10. The molecule has 0 aliphatic carbocycles. The Morgan fingerprint density at radius 1 is 1.11 bits per heavy atom. The number of aliphatic hydroxyl groups excluding tert-OH is 1. The van der Waals surface area contributed by atoms with Crippen LogP contribution in [0.4, 0.5) is 0 Å². The van der Waals surface area contributed by atoms with Crippen molar-refractivity contribution in [1.29, 1.82) is 0 Å². The van der Waals surface area contributed by atoms with Crippen molar-refractivity contribution < 1.29 is 19.4 Å². The zero-order valence-corrected chi connectivity index (χ0v) is 17.4. The Morgan fingerprint density at radius 3 is 2.11 bits per heavy atom. The van der Waals surface area contributed by atoms with Gasteiger partial charge in [0.05, 0.1) is 18.2 Å². The molecule has 0 saturated heterocycles. The number of carbonyl (C=O) groups is 2. The summed E-state index contributed by atoms with van der Waals surface area (Å²) in [5.41, 5.74) is 1.44. The van der Waals surface area contributed by atoms with E-state index in [0.717, 1.165) is 11.1 Å². The quantitative estimate of drug-likeness (QED) is 0.849. The van der Waals surface area contributed by atoms with Gasteiger partial charge in [-0.05, 0) is 16.5 Å². The van der Waals surface area contributed by atoms with Crippen molar-refractivity contribution in [2.45, 2.75) is 53.0 Å². The summed E-state index contributed by atoms with van der Waals surface area (Å²) in [6.45, 7) is 12.4. The van der Waals surface area contributed by atoms with E-state index >= 15 is 0 Å². The molecule has 0 radical (unpaired) electrons. The fourth-order valence-corrected chi connectivity index (χ4v) is 3.22. The first-order chi connectivity index (χ1) is 12.4. The Balaban J connectivity index is 2.54. The molecule has 5 nitrogen and oxygen atoms in total. The normalized spacial score (nSPS) is 18.4. The summed E-state index contributed by atoms with van der Waals surface area (Å²) in [6, 6.07) is 7.30. The fraction of sp³-hybridized carbons (Fsp3) is 0.545. The molecule has 0 bridgehead atoms. The molecule has 1 unspecified atom stereocenters. The lowest BCUT2D eigenvalue weighted by Crippen LogP contribution is -2.35. The number of carbonyl (C=O) groups excluding carboxylic acids is 2. The zero-order chi connectivity index (χ0) is 20.6. The first kappa shape index (κ1) is 21.2. The molecule has 5 heteroatoms. The Morgan fingerprint density at radius 2 is 1.67 bits per heavy atom. The van der Waals surface area contributed by atoms with Crippen LogP contribution in [0, 0.1) is 5.41 Å². The van der Waals surface area contributed by atoms with Crippen LogP contribution in [0.2, 0.25) is 0 Å². The van der Waals surface area contributed by atoms with Crippen molar-refractivity contribution in [3.05, 3.63) is 46.7 Å². The lowest BCUT2D eigenvalue weighted by atomic mass is 9.81. The minimum Gasteiger partial charge on any atom is -0.503 e. The average molecular weight is 373 g/mol. The standard InChI is InChI=1S/C22H31NO4/c1-21(2,3)15-10-8-14(9-11-15)17-16(19(25)22(4,5)6)18(24)20(26)23(17)12-13-27-7/h8-11,17,24H,12-13H2,1-7H3. The van der Waals surface area contributed by atoms with E-state index in [-0.39, 0.29) is 16.8 Å². The third-order valence-electron chi connectivity index (χ3n) is 4.86. The molecule has 1 aliphatic heterocycles. The molecule has 1 aromatic rings. The molecular weight excluding hydrogens is 342 g/mol. The van der Waals surface area contributed by atoms with Gasteiger partial charge in [-0.3, -0.25) is 9.59 Å². The van der Waals surface area contributed by atoms with Crippen molar-refractivity contribution in [1.82, 2.24) is 4.90 Å². The number of ether oxygens (including phenoxy) is 1. The summed E-state index contributed by atoms with van der Waals surface area (Å²) < 4.78 is 5.12. The Hall–Kier alpha value is -2.14. The lowest BCUT2D eigenvalue weighted by Gasteiger charge is -2.29. The highest BCUT2D eigenvalue weighted by Gasteiger charge is 2.45. The number of benzene rings is 1. The molecule has 0 fully saturated rings. The summed E-state index contributed by atoms with van der Waals surface area (Å²) >= 11 is 0. The first-order valence-electron chi connectivity index (χ1n) is 9.28. The van der Waals surface area contributed by atoms with Crippen LogP contribution >= 0.6 is 0 Å². The third kappa shape index (κ3) is 4.24. The zero-order valence-electron chi connectivity index (χ0n) is 17.4. The van der Waals surface area contributed by atoms with Gasteiger partial charge in [-0.25, -0.2) is 0 Å². The average Bonchev–Trinajstić information content (AvgIpc) is 2.82. The van der Waals surface area contributed by atoms with Crippen molar-refractivity contribution in [2.24, 2.45) is 5.41 Å². The van der Waals surface area contributed by atoms with Gasteiger partial charge in [0.2, 0.25) is 0 Å². The molecule has 1 amide bonds. The molecule has 2 rings (SSSR count). The topological polar surface area (TPSA) is 66.8 Å². The monoisotopic (exact) mass is 373 g/mol. The maximum atomic E-state index is 13.0. The van der Waals surface area contributed by atoms with Crippen molar-refractivity contribution in [3.8, 4) is 0 Å². The smallest absolute Gasteiger partial charge is 0.290 e. The van der Waals surface area contributed by atoms with E-state index in [1.807, 2.05) is 24.3 Å². The second-order valence-corrected chi connectivity index (χ2v) is 9.11. The summed E-state index contributed by atoms with van der Waals surface area (Å²) in [4.78, 5) is 27.2. The first-order valence-corrected chi connectivity index (χ1v) is 9.28. The van der Waals surface area contributed by atoms with Crippen molar-refractivity contribution in [2.75, 3.05) is 20.3 Å². The minimum absolute atomic E-state index is 0.00179. The molecule has 0 saturated carbocycles. The number of amides is 1. The molecular formula is C22H31NO4. The van der Waals surface area contributed by atoms with E-state index in [0.29, 0.717) is 13.2 Å². The van der Waals surface area contributed by atoms with E-state index in [4.69, 9.17) is 4.74 Å². The van der Waals surface area contributed by atoms with Crippen LogP contribution < -0.4 is 0 Å². The SMILES string of the molecule is COCCN1C(=O)C(O)=C(C(=O)C(C)(C)C)C1c1ccc(C(C)(C)C)cc1. The molecule has 1 N–H and O–H groups in total. The van der Waals surface area contributed by atoms with Crippen LogP contribution in [-0.2, 0) is 19.7 Å². The fourth-order valence-electron chi connectivity index (χ4n) is 3.22. The van der Waals surface area contributed by atoms with E-state index in [1.54, 1.807) is 27.9 Å². The summed E-state index contributed by atoms with van der Waals surface area (Å²) in [5, 5.41) is 10.5. The van der Waals surface area contributed by atoms with Gasteiger partial charge in [0.15, 0.2) is 11.5 Å². The van der Waals surface area contributed by atoms with Crippen molar-refractivity contribution >= 4 is 11.7 Å². The molecule has 1 atom stereocenters. The van der Waals surface area contributed by atoms with Crippen LogP contribution in [0.25, 0.3) is 0 Å². The minimum atomic E-state index is -0.704. The number of aliphatic hydroxyl groups is 1. The predicted molar refractivity (Wildman–Crippen MR) is 106 cm³/mol. The predicted octanol–water partition coefficient (Wildman–Crippen LogP) is 3.94. The number of hydrogen-bond acceptors (Lipinski definition) is 4. The number of Topliss-reactive ketones (excluding diaryl/α,β-unsaturated/α-hetero) is 1. The van der Waals surface area contributed by atoms with Crippen LogP contribution in [0.5, 0.6) is 0 Å². The number of methoxy groups -OCH3 is 1. The van der Waals surface area contributed by atoms with Crippen LogP contribution in [-0.4, -0.2) is 42.0 Å². The molecule has 1 heterocycles. The number of hydrogen-bond donors (Lipinski definition) is 1. The van der Waals surface area contributed by atoms with E-state index in [9.17, 15) is 14.7 Å². The van der Waals surface area contributed by atoms with Crippen LogP contribution in [0.1, 0.15) is 58.7 Å². The van der Waals surface area contributed by atoms with E-state index in [1.165, 1.54) is 4.90 Å². The summed E-state index contributed by atoms with van der Waals surface area (Å²) in [6.07, 6.45) is 0. The van der Waals surface area contributed by atoms with Gasteiger partial charge in [0.1, 0.15) is 0 Å². The maximum absolute atomic E-state index is 13.0. The molecule has 1 aliphatic rings. The largest absolute Gasteiger partial charge is 0.503 e. The Labute approximate surface area is 162 Å². The van der Waals surface area contributed by atoms with Gasteiger partial charge in [-0.1, -0.05) is 65.8 Å². The number of rotatable bonds is 5. The number of ketones is 1. The molecule has 1 aromatic carbocycles. The molecule has 148 valence electrons. The maximum Gasteiger partial charge on any atom is 0.290 e. The third-order valence-corrected chi connectivity index (χ3v) is 4.86. The second-order valence-electron chi connectivity index (χ2n) is 9.11.